The van der Waals surface area contributed by atoms with E-state index in [0.29, 0.717) is 11.3 Å². The summed E-state index contributed by atoms with van der Waals surface area (Å²) in [5, 5.41) is 23.8. The van der Waals surface area contributed by atoms with Crippen molar-refractivity contribution in [2.75, 3.05) is 13.7 Å². The van der Waals surface area contributed by atoms with Gasteiger partial charge in [0, 0.05) is 17.8 Å². The minimum Gasteiger partial charge on any atom is -0.466 e. The third-order valence-electron chi connectivity index (χ3n) is 4.19. The molecule has 1 aromatic rings. The van der Waals surface area contributed by atoms with E-state index in [1.54, 1.807) is 26.8 Å². The molecule has 2 rings (SSSR count). The molecule has 1 heterocycles. The largest absolute Gasteiger partial charge is 0.466 e. The Labute approximate surface area is 161 Å². The average Bonchev–Trinajstić information content (AvgIpc) is 2.65. The molecular weight excluding hydrogens is 368 g/mol. The molecule has 0 aliphatic carbocycles. The van der Waals surface area contributed by atoms with Gasteiger partial charge in [-0.25, -0.2) is 9.59 Å². The van der Waals surface area contributed by atoms with Gasteiger partial charge < -0.3 is 19.9 Å². The molecule has 1 atom stereocenters. The summed E-state index contributed by atoms with van der Waals surface area (Å²) in [7, 11) is 1.17. The maximum absolute atomic E-state index is 12.8. The van der Waals surface area contributed by atoms with Crippen molar-refractivity contribution in [1.82, 2.24) is 5.32 Å². The molecule has 1 aromatic carbocycles. The molecule has 0 unspecified atom stereocenters. The summed E-state index contributed by atoms with van der Waals surface area (Å²) in [5.74, 6) is -2.44. The lowest BCUT2D eigenvalue weighted by Gasteiger charge is -2.31. The van der Waals surface area contributed by atoms with E-state index in [1.807, 2.05) is 0 Å². The number of carbonyl (C=O) groups excluding carboxylic acids is 2. The first-order valence-corrected chi connectivity index (χ1v) is 8.56. The number of nitrogens with zero attached hydrogens (tertiary/aromatic N) is 1. The molecule has 150 valence electrons. The molecule has 0 bridgehead atoms. The Bertz CT molecular complexity index is 871. The number of ether oxygens (including phenoxy) is 2. The second-order valence-electron chi connectivity index (χ2n) is 6.44. The summed E-state index contributed by atoms with van der Waals surface area (Å²) in [6.45, 7) is 4.45. The number of aliphatic hydroxyl groups is 1. The van der Waals surface area contributed by atoms with Gasteiger partial charge in [0.05, 0.1) is 47.5 Å². The van der Waals surface area contributed by atoms with Crippen LogP contribution in [0.2, 0.25) is 0 Å². The first-order valence-electron chi connectivity index (χ1n) is 8.56. The zero-order valence-electron chi connectivity index (χ0n) is 16.0. The fourth-order valence-corrected chi connectivity index (χ4v) is 3.07. The summed E-state index contributed by atoms with van der Waals surface area (Å²) in [6, 6.07) is 5.62. The van der Waals surface area contributed by atoms with Gasteiger partial charge >= 0.3 is 11.9 Å². The smallest absolute Gasteiger partial charge is 0.337 e. The lowest BCUT2D eigenvalue weighted by Crippen LogP contribution is -2.34. The van der Waals surface area contributed by atoms with Crippen LogP contribution in [0.5, 0.6) is 0 Å². The van der Waals surface area contributed by atoms with Gasteiger partial charge in [-0.2, -0.15) is 0 Å². The van der Waals surface area contributed by atoms with Crippen molar-refractivity contribution < 1.29 is 29.1 Å². The van der Waals surface area contributed by atoms with E-state index in [9.17, 15) is 24.8 Å². The third-order valence-corrected chi connectivity index (χ3v) is 4.19. The van der Waals surface area contributed by atoms with Crippen LogP contribution < -0.4 is 5.32 Å². The van der Waals surface area contributed by atoms with Crippen LogP contribution in [0.4, 0.5) is 5.69 Å². The molecule has 0 amide bonds. The average molecular weight is 390 g/mol. The van der Waals surface area contributed by atoms with E-state index >= 15 is 0 Å². The molecule has 9 nitrogen and oxygen atoms in total. The highest BCUT2D eigenvalue weighted by atomic mass is 16.6. The van der Waals surface area contributed by atoms with Gasteiger partial charge in [0.2, 0.25) is 0 Å². The van der Waals surface area contributed by atoms with E-state index in [4.69, 9.17) is 9.47 Å². The number of rotatable bonds is 6. The molecule has 28 heavy (non-hydrogen) atoms. The number of nitro benzene ring substituents is 1. The Morgan fingerprint density at radius 1 is 1.29 bits per heavy atom. The number of hydrogen-bond donors (Lipinski definition) is 2. The van der Waals surface area contributed by atoms with E-state index < -0.39 is 35.5 Å². The second-order valence-corrected chi connectivity index (χ2v) is 6.44. The van der Waals surface area contributed by atoms with E-state index in [1.165, 1.54) is 25.3 Å². The van der Waals surface area contributed by atoms with Gasteiger partial charge in [-0.1, -0.05) is 12.1 Å². The van der Waals surface area contributed by atoms with Crippen LogP contribution in [-0.2, 0) is 19.1 Å². The van der Waals surface area contributed by atoms with Crippen molar-refractivity contribution in [3.05, 3.63) is 62.5 Å². The summed E-state index contributed by atoms with van der Waals surface area (Å²) in [4.78, 5) is 35.9. The number of dihydropyridines is 1. The Morgan fingerprint density at radius 3 is 2.50 bits per heavy atom. The number of nitrogens with one attached hydrogen (secondary N) is 1. The Hall–Kier alpha value is -3.20. The van der Waals surface area contributed by atoms with Crippen LogP contribution in [0, 0.1) is 10.1 Å². The third kappa shape index (κ3) is 4.20. The highest BCUT2D eigenvalue weighted by Crippen LogP contribution is 2.40. The van der Waals surface area contributed by atoms with Gasteiger partial charge in [-0.3, -0.25) is 10.1 Å². The lowest BCUT2D eigenvalue weighted by molar-refractivity contribution is -0.384. The summed E-state index contributed by atoms with van der Waals surface area (Å²) in [5.41, 5.74) is 0.775. The second kappa shape index (κ2) is 8.66. The molecule has 0 radical (unpaired) electrons. The maximum atomic E-state index is 12.8. The van der Waals surface area contributed by atoms with Crippen molar-refractivity contribution in [2.24, 2.45) is 0 Å². The molecule has 0 aromatic heterocycles. The van der Waals surface area contributed by atoms with E-state index in [-0.39, 0.29) is 22.5 Å². The van der Waals surface area contributed by atoms with Gasteiger partial charge in [0.25, 0.3) is 5.69 Å². The monoisotopic (exact) mass is 390 g/mol. The number of hydrogen-bond acceptors (Lipinski definition) is 8. The Morgan fingerprint density at radius 2 is 1.96 bits per heavy atom. The van der Waals surface area contributed by atoms with Crippen molar-refractivity contribution in [2.45, 2.75) is 32.8 Å². The van der Waals surface area contributed by atoms with E-state index in [2.05, 4.69) is 5.32 Å². The fraction of sp³-hybridized carbons (Fsp3) is 0.368. The van der Waals surface area contributed by atoms with Gasteiger partial charge in [0.15, 0.2) is 0 Å². The van der Waals surface area contributed by atoms with Gasteiger partial charge in [-0.05, 0) is 26.3 Å². The fourth-order valence-electron chi connectivity index (χ4n) is 3.07. The molecule has 0 saturated heterocycles. The van der Waals surface area contributed by atoms with Crippen LogP contribution >= 0.6 is 0 Å². The first-order chi connectivity index (χ1) is 13.2. The maximum Gasteiger partial charge on any atom is 0.337 e. The van der Waals surface area contributed by atoms with Crippen LogP contribution in [0.15, 0.2) is 46.8 Å². The summed E-state index contributed by atoms with van der Waals surface area (Å²) in [6.07, 6.45) is -0.414. The highest BCUT2D eigenvalue weighted by molar-refractivity contribution is 6.00. The van der Waals surface area contributed by atoms with Crippen LogP contribution in [0.25, 0.3) is 0 Å². The number of aliphatic hydroxyl groups excluding tert-OH is 1. The van der Waals surface area contributed by atoms with Crippen LogP contribution in [-0.4, -0.2) is 41.8 Å². The minimum atomic E-state index is -0.998. The number of carbonyl (C=O) groups is 2. The van der Waals surface area contributed by atoms with Crippen molar-refractivity contribution in [3.63, 3.8) is 0 Å². The van der Waals surface area contributed by atoms with Crippen LogP contribution in [0.1, 0.15) is 32.3 Å². The number of benzene rings is 1. The number of nitro groups is 1. The minimum absolute atomic E-state index is 0.00759. The van der Waals surface area contributed by atoms with Crippen molar-refractivity contribution >= 4 is 17.6 Å². The number of non-ortho nitro benzene ring substituents is 1. The van der Waals surface area contributed by atoms with Crippen LogP contribution in [0.3, 0.4) is 0 Å². The summed E-state index contributed by atoms with van der Waals surface area (Å²) >= 11 is 0. The molecule has 1 aliphatic rings. The Balaban J connectivity index is 2.73. The first kappa shape index (κ1) is 21.1. The molecule has 9 heteroatoms. The normalized spacial score (nSPS) is 16.7. The van der Waals surface area contributed by atoms with Crippen molar-refractivity contribution in [3.8, 4) is 0 Å². The molecule has 2 N–H and O–H groups in total. The van der Waals surface area contributed by atoms with Gasteiger partial charge in [0.1, 0.15) is 0 Å². The topological polar surface area (TPSA) is 128 Å². The Kier molecular flexibility index (Phi) is 6.53. The predicted octanol–water partition coefficient (Wildman–Crippen LogP) is 1.93. The zero-order chi connectivity index (χ0) is 21.0. The standard InChI is InChI=1S/C19H22N2O7/c1-10(2)28-19(24)15-11(3)20-14(9-22)17(18(23)27-4)16(15)12-6-5-7-13(8-12)21(25)26/h5-8,10,16,20,22H,9H2,1-4H3/t16-/m0/s1. The number of allylic oxidation sites excluding steroid dienone is 1. The lowest BCUT2D eigenvalue weighted by atomic mass is 9.80. The SMILES string of the molecule is COC(=O)C1=C(CO)NC(C)=C(C(=O)OC(C)C)[C@@H]1c1cccc([N+](=O)[O-])c1. The van der Waals surface area contributed by atoms with E-state index in [0.717, 1.165) is 0 Å². The number of esters is 2. The molecule has 1 aliphatic heterocycles. The number of methoxy groups -OCH3 is 1. The zero-order valence-corrected chi connectivity index (χ0v) is 16.0. The summed E-state index contributed by atoms with van der Waals surface area (Å²) < 4.78 is 10.2. The van der Waals surface area contributed by atoms with Crippen molar-refractivity contribution in [1.29, 1.82) is 0 Å². The molecular formula is C19H22N2O7. The van der Waals surface area contributed by atoms with Gasteiger partial charge in [-0.15, -0.1) is 0 Å². The molecule has 0 spiro atoms. The highest BCUT2D eigenvalue weighted by Gasteiger charge is 2.39. The predicted molar refractivity (Wildman–Crippen MR) is 99.0 cm³/mol. The quantitative estimate of drug-likeness (QED) is 0.428. The molecule has 0 saturated carbocycles. The molecule has 0 fully saturated rings.